The molecule has 1 atom stereocenters. The maximum atomic E-state index is 12.4. The molecule has 0 radical (unpaired) electrons. The fraction of sp³-hybridized carbons (Fsp3) is 0.588. The first-order valence-corrected chi connectivity index (χ1v) is 7.09. The minimum absolute atomic E-state index is 0.0118. The number of carbonyl (C=O) groups excluding carboxylic acids is 1. The van der Waals surface area contributed by atoms with Crippen LogP contribution in [0.2, 0.25) is 0 Å². The zero-order valence-electron chi connectivity index (χ0n) is 12.9. The number of rotatable bonds is 2. The number of hydrogen-bond donors (Lipinski definition) is 0. The van der Waals surface area contributed by atoms with Crippen LogP contribution in [0.4, 0.5) is 0 Å². The normalized spacial score (nSPS) is 22.1. The molecule has 1 aliphatic rings. The van der Waals surface area contributed by atoms with E-state index in [0.29, 0.717) is 0 Å². The molecule has 0 spiro atoms. The van der Waals surface area contributed by atoms with Crippen molar-refractivity contribution in [2.75, 3.05) is 0 Å². The SMILES string of the molecule is Cc1cc(C)c2c(c1C)O[C@](C)(C(=O)C(C)C)CC2. The molecular weight excluding hydrogens is 236 g/mol. The smallest absolute Gasteiger partial charge is 0.178 e. The molecule has 2 heteroatoms. The Kier molecular flexibility index (Phi) is 3.46. The van der Waals surface area contributed by atoms with Crippen molar-refractivity contribution >= 4 is 5.78 Å². The van der Waals surface area contributed by atoms with Gasteiger partial charge in [0.2, 0.25) is 0 Å². The molecule has 0 bridgehead atoms. The lowest BCUT2D eigenvalue weighted by molar-refractivity contribution is -0.137. The molecule has 0 fully saturated rings. The fourth-order valence-electron chi connectivity index (χ4n) is 2.98. The van der Waals surface area contributed by atoms with Crippen LogP contribution in [0.5, 0.6) is 5.75 Å². The van der Waals surface area contributed by atoms with Crippen LogP contribution in [0.15, 0.2) is 6.07 Å². The second-order valence-electron chi connectivity index (χ2n) is 6.29. The van der Waals surface area contributed by atoms with Gasteiger partial charge in [0, 0.05) is 5.92 Å². The summed E-state index contributed by atoms with van der Waals surface area (Å²) in [4.78, 5) is 12.4. The van der Waals surface area contributed by atoms with Gasteiger partial charge in [-0.1, -0.05) is 19.9 Å². The van der Waals surface area contributed by atoms with E-state index in [2.05, 4.69) is 26.8 Å². The Morgan fingerprint density at radius 3 is 2.47 bits per heavy atom. The Labute approximate surface area is 116 Å². The maximum absolute atomic E-state index is 12.4. The number of benzene rings is 1. The molecule has 1 aromatic rings. The maximum Gasteiger partial charge on any atom is 0.178 e. The van der Waals surface area contributed by atoms with Gasteiger partial charge in [0.15, 0.2) is 11.4 Å². The molecule has 0 saturated heterocycles. The average molecular weight is 260 g/mol. The zero-order chi connectivity index (χ0) is 14.4. The third-order valence-corrected chi connectivity index (χ3v) is 4.34. The number of fused-ring (bicyclic) bond motifs is 1. The Morgan fingerprint density at radius 1 is 1.26 bits per heavy atom. The van der Waals surface area contributed by atoms with Gasteiger partial charge in [-0.25, -0.2) is 0 Å². The van der Waals surface area contributed by atoms with E-state index >= 15 is 0 Å². The lowest BCUT2D eigenvalue weighted by atomic mass is 9.82. The molecule has 0 aromatic heterocycles. The molecule has 19 heavy (non-hydrogen) atoms. The lowest BCUT2D eigenvalue weighted by Gasteiger charge is -2.37. The van der Waals surface area contributed by atoms with Gasteiger partial charge in [-0.3, -0.25) is 4.79 Å². The van der Waals surface area contributed by atoms with Crippen molar-refractivity contribution < 1.29 is 9.53 Å². The van der Waals surface area contributed by atoms with Gasteiger partial charge in [0.1, 0.15) is 5.75 Å². The van der Waals surface area contributed by atoms with Gasteiger partial charge in [0.25, 0.3) is 0 Å². The van der Waals surface area contributed by atoms with E-state index in [1.165, 1.54) is 22.3 Å². The third kappa shape index (κ3) is 2.29. The van der Waals surface area contributed by atoms with E-state index < -0.39 is 5.60 Å². The van der Waals surface area contributed by atoms with Crippen LogP contribution in [-0.4, -0.2) is 11.4 Å². The number of Topliss-reactive ketones (excluding diaryl/α,β-unsaturated/α-hetero) is 1. The van der Waals surface area contributed by atoms with Crippen LogP contribution >= 0.6 is 0 Å². The molecule has 1 aliphatic heterocycles. The molecule has 104 valence electrons. The molecule has 2 nitrogen and oxygen atoms in total. The standard InChI is InChI=1S/C17H24O2/c1-10(2)16(18)17(6)8-7-14-12(4)9-11(3)13(5)15(14)19-17/h9-10H,7-8H2,1-6H3/t17-/m0/s1. The highest BCUT2D eigenvalue weighted by molar-refractivity contribution is 5.89. The van der Waals surface area contributed by atoms with Crippen LogP contribution in [0, 0.1) is 26.7 Å². The van der Waals surface area contributed by atoms with Gasteiger partial charge in [-0.2, -0.15) is 0 Å². The third-order valence-electron chi connectivity index (χ3n) is 4.34. The van der Waals surface area contributed by atoms with Gasteiger partial charge in [-0.15, -0.1) is 0 Å². The van der Waals surface area contributed by atoms with E-state index in [4.69, 9.17) is 4.74 Å². The van der Waals surface area contributed by atoms with Crippen LogP contribution in [-0.2, 0) is 11.2 Å². The summed E-state index contributed by atoms with van der Waals surface area (Å²) in [5, 5.41) is 0. The van der Waals surface area contributed by atoms with E-state index in [1.54, 1.807) is 0 Å². The first-order chi connectivity index (χ1) is 8.76. The predicted octanol–water partition coefficient (Wildman–Crippen LogP) is 3.92. The van der Waals surface area contributed by atoms with Crippen molar-refractivity contribution in [3.8, 4) is 5.75 Å². The molecule has 0 unspecified atom stereocenters. The second kappa shape index (κ2) is 4.66. The summed E-state index contributed by atoms with van der Waals surface area (Å²) >= 11 is 0. The Bertz CT molecular complexity index is 529. The molecule has 0 N–H and O–H groups in total. The van der Waals surface area contributed by atoms with Gasteiger partial charge in [0.05, 0.1) is 0 Å². The van der Waals surface area contributed by atoms with Crippen molar-refractivity contribution in [1.29, 1.82) is 0 Å². The van der Waals surface area contributed by atoms with Crippen molar-refractivity contribution in [3.63, 3.8) is 0 Å². The summed E-state index contributed by atoms with van der Waals surface area (Å²) in [7, 11) is 0. The summed E-state index contributed by atoms with van der Waals surface area (Å²) in [6, 6.07) is 2.21. The van der Waals surface area contributed by atoms with Crippen LogP contribution in [0.1, 0.15) is 49.4 Å². The van der Waals surface area contributed by atoms with Gasteiger partial charge in [-0.05, 0) is 62.8 Å². The lowest BCUT2D eigenvalue weighted by Crippen LogP contribution is -2.46. The molecular formula is C17H24O2. The molecule has 0 amide bonds. The molecule has 1 heterocycles. The quantitative estimate of drug-likeness (QED) is 0.805. The monoisotopic (exact) mass is 260 g/mol. The number of hydrogen-bond acceptors (Lipinski definition) is 2. The summed E-state index contributed by atoms with van der Waals surface area (Å²) in [6.07, 6.45) is 1.71. The van der Waals surface area contributed by atoms with Crippen molar-refractivity contribution in [1.82, 2.24) is 0 Å². The fourth-order valence-corrected chi connectivity index (χ4v) is 2.98. The second-order valence-corrected chi connectivity index (χ2v) is 6.29. The summed E-state index contributed by atoms with van der Waals surface area (Å²) in [6.45, 7) is 12.1. The average Bonchev–Trinajstić information content (AvgIpc) is 2.34. The Balaban J connectivity index is 2.47. The highest BCUT2D eigenvalue weighted by Gasteiger charge is 2.40. The highest BCUT2D eigenvalue weighted by Crippen LogP contribution is 2.40. The Morgan fingerprint density at radius 2 is 1.89 bits per heavy atom. The van der Waals surface area contributed by atoms with Crippen LogP contribution in [0.25, 0.3) is 0 Å². The molecule has 0 aliphatic carbocycles. The minimum atomic E-state index is -0.661. The minimum Gasteiger partial charge on any atom is -0.479 e. The zero-order valence-corrected chi connectivity index (χ0v) is 12.9. The first-order valence-electron chi connectivity index (χ1n) is 7.09. The number of ketones is 1. The van der Waals surface area contributed by atoms with Crippen molar-refractivity contribution in [2.45, 2.75) is 60.0 Å². The Hall–Kier alpha value is -1.31. The summed E-state index contributed by atoms with van der Waals surface area (Å²) < 4.78 is 6.19. The molecule has 0 saturated carbocycles. The van der Waals surface area contributed by atoms with E-state index in [1.807, 2.05) is 20.8 Å². The predicted molar refractivity (Wildman–Crippen MR) is 77.9 cm³/mol. The van der Waals surface area contributed by atoms with Crippen molar-refractivity contribution in [2.24, 2.45) is 5.92 Å². The largest absolute Gasteiger partial charge is 0.479 e. The molecule has 2 rings (SSSR count). The number of carbonyl (C=O) groups is 1. The number of aryl methyl sites for hydroxylation is 2. The van der Waals surface area contributed by atoms with Gasteiger partial charge >= 0.3 is 0 Å². The topological polar surface area (TPSA) is 26.3 Å². The first kappa shape index (κ1) is 14.1. The summed E-state index contributed by atoms with van der Waals surface area (Å²) in [5.41, 5.74) is 4.29. The van der Waals surface area contributed by atoms with E-state index in [9.17, 15) is 4.79 Å². The van der Waals surface area contributed by atoms with Crippen LogP contribution < -0.4 is 4.74 Å². The number of ether oxygens (including phenoxy) is 1. The van der Waals surface area contributed by atoms with E-state index in [0.717, 1.165) is 18.6 Å². The van der Waals surface area contributed by atoms with E-state index in [-0.39, 0.29) is 11.7 Å². The van der Waals surface area contributed by atoms with Gasteiger partial charge < -0.3 is 4.74 Å². The highest BCUT2D eigenvalue weighted by atomic mass is 16.5. The molecule has 1 aromatic carbocycles. The van der Waals surface area contributed by atoms with Crippen molar-refractivity contribution in [3.05, 3.63) is 28.3 Å². The van der Waals surface area contributed by atoms with Crippen LogP contribution in [0.3, 0.4) is 0 Å². The summed E-state index contributed by atoms with van der Waals surface area (Å²) in [5.74, 6) is 1.16.